The Morgan fingerprint density at radius 3 is 2.59 bits per heavy atom. The number of nitrogens with zero attached hydrogens (tertiary/aromatic N) is 2. The molecule has 3 N–H and O–H groups in total. The number of anilines is 2. The number of hydrogen-bond donors (Lipinski definition) is 3. The highest BCUT2D eigenvalue weighted by atomic mass is 35.5. The third-order valence-electron chi connectivity index (χ3n) is 6.75. The van der Waals surface area contributed by atoms with Crippen molar-refractivity contribution >= 4 is 23.1 Å². The summed E-state index contributed by atoms with van der Waals surface area (Å²) in [5, 5.41) is 10.9. The maximum atomic E-state index is 14.4. The fourth-order valence-corrected chi connectivity index (χ4v) is 4.89. The van der Waals surface area contributed by atoms with Gasteiger partial charge in [-0.15, -0.1) is 0 Å². The molecule has 1 saturated carbocycles. The molecule has 0 unspecified atom stereocenters. The number of ether oxygens (including phenoxy) is 2. The van der Waals surface area contributed by atoms with Gasteiger partial charge in [-0.2, -0.15) is 4.39 Å². The second kappa shape index (κ2) is 12.6. The van der Waals surface area contributed by atoms with Gasteiger partial charge in [-0.3, -0.25) is 0 Å². The van der Waals surface area contributed by atoms with Crippen molar-refractivity contribution < 1.29 is 13.9 Å². The zero-order valence-corrected chi connectivity index (χ0v) is 20.5. The maximum absolute atomic E-state index is 14.4. The van der Waals surface area contributed by atoms with Gasteiger partial charge in [-0.1, -0.05) is 11.6 Å². The number of pyridine rings is 2. The second-order valence-electron chi connectivity index (χ2n) is 9.19. The number of rotatable bonds is 10. The highest BCUT2D eigenvalue weighted by Gasteiger charge is 2.21. The molecule has 34 heavy (non-hydrogen) atoms. The van der Waals surface area contributed by atoms with Gasteiger partial charge < -0.3 is 25.4 Å². The van der Waals surface area contributed by atoms with E-state index in [9.17, 15) is 4.39 Å². The van der Waals surface area contributed by atoms with Crippen molar-refractivity contribution in [2.24, 2.45) is 5.92 Å². The van der Waals surface area contributed by atoms with Gasteiger partial charge in [0, 0.05) is 69.0 Å². The van der Waals surface area contributed by atoms with Gasteiger partial charge in [0.05, 0.1) is 17.3 Å². The Morgan fingerprint density at radius 2 is 1.82 bits per heavy atom. The third-order valence-corrected chi connectivity index (χ3v) is 7.05. The van der Waals surface area contributed by atoms with Crippen molar-refractivity contribution in [2.75, 3.05) is 50.7 Å². The van der Waals surface area contributed by atoms with E-state index in [-0.39, 0.29) is 0 Å². The van der Waals surface area contributed by atoms with Crippen LogP contribution in [-0.2, 0) is 9.47 Å². The molecule has 1 aliphatic heterocycles. The third kappa shape index (κ3) is 7.01. The summed E-state index contributed by atoms with van der Waals surface area (Å²) in [4.78, 5) is 8.45. The summed E-state index contributed by atoms with van der Waals surface area (Å²) in [6.45, 7) is 3.86. The first-order valence-electron chi connectivity index (χ1n) is 12.2. The summed E-state index contributed by atoms with van der Waals surface area (Å²) in [7, 11) is 1.72. The molecule has 0 aromatic carbocycles. The molecule has 9 heteroatoms. The first kappa shape index (κ1) is 25.1. The molecular weight excluding hydrogens is 457 g/mol. The molecule has 2 aliphatic rings. The smallest absolute Gasteiger partial charge is 0.236 e. The summed E-state index contributed by atoms with van der Waals surface area (Å²) in [6, 6.07) is 4.62. The normalized spacial score (nSPS) is 21.4. The minimum atomic E-state index is -0.504. The lowest BCUT2D eigenvalue weighted by Crippen LogP contribution is -2.38. The van der Waals surface area contributed by atoms with E-state index < -0.39 is 5.95 Å². The molecule has 0 radical (unpaired) electrons. The highest BCUT2D eigenvalue weighted by Crippen LogP contribution is 2.32. The molecule has 0 spiro atoms. The molecule has 7 nitrogen and oxygen atoms in total. The van der Waals surface area contributed by atoms with E-state index in [2.05, 4.69) is 25.9 Å². The minimum absolute atomic E-state index is 0.366. The molecule has 3 heterocycles. The van der Waals surface area contributed by atoms with Crippen LogP contribution in [0.25, 0.3) is 11.1 Å². The predicted molar refractivity (Wildman–Crippen MR) is 134 cm³/mol. The van der Waals surface area contributed by atoms with Crippen LogP contribution < -0.4 is 16.0 Å². The van der Waals surface area contributed by atoms with Gasteiger partial charge >= 0.3 is 0 Å². The molecule has 0 bridgehead atoms. The Morgan fingerprint density at radius 1 is 1.06 bits per heavy atom. The lowest BCUT2D eigenvalue weighted by molar-refractivity contribution is 0.0699. The fourth-order valence-electron chi connectivity index (χ4n) is 4.68. The molecule has 1 saturated heterocycles. The lowest BCUT2D eigenvalue weighted by Gasteiger charge is -2.30. The van der Waals surface area contributed by atoms with Gasteiger partial charge in [0.2, 0.25) is 5.95 Å². The first-order valence-corrected chi connectivity index (χ1v) is 12.6. The highest BCUT2D eigenvalue weighted by molar-refractivity contribution is 6.33. The van der Waals surface area contributed by atoms with Gasteiger partial charge in [-0.25, -0.2) is 9.97 Å². The van der Waals surface area contributed by atoms with Crippen molar-refractivity contribution in [3.8, 4) is 11.1 Å². The van der Waals surface area contributed by atoms with Gasteiger partial charge in [0.25, 0.3) is 0 Å². The fraction of sp³-hybridized carbons (Fsp3) is 0.600. The zero-order chi connectivity index (χ0) is 23.8. The Hall–Kier alpha value is -2.00. The second-order valence-corrected chi connectivity index (χ2v) is 9.60. The van der Waals surface area contributed by atoms with Crippen LogP contribution >= 0.6 is 11.6 Å². The Bertz CT molecular complexity index is 920. The van der Waals surface area contributed by atoms with Crippen LogP contribution in [0.15, 0.2) is 24.5 Å². The lowest BCUT2D eigenvalue weighted by atomic mass is 9.91. The van der Waals surface area contributed by atoms with Crippen LogP contribution in [0.1, 0.15) is 38.5 Å². The Kier molecular flexibility index (Phi) is 9.33. The minimum Gasteiger partial charge on any atom is -0.383 e. The van der Waals surface area contributed by atoms with Gasteiger partial charge in [-0.05, 0) is 56.6 Å². The summed E-state index contributed by atoms with van der Waals surface area (Å²) in [5.41, 5.74) is 1.94. The van der Waals surface area contributed by atoms with E-state index in [1.54, 1.807) is 19.4 Å². The van der Waals surface area contributed by atoms with E-state index in [1.165, 1.54) is 6.20 Å². The van der Waals surface area contributed by atoms with Crippen molar-refractivity contribution in [3.05, 3.63) is 35.5 Å². The molecule has 2 fully saturated rings. The summed E-state index contributed by atoms with van der Waals surface area (Å²) < 4.78 is 24.9. The number of nitrogens with one attached hydrogen (secondary N) is 3. The number of aromatic nitrogens is 2. The topological polar surface area (TPSA) is 80.3 Å². The molecule has 1 aliphatic carbocycles. The largest absolute Gasteiger partial charge is 0.383 e. The van der Waals surface area contributed by atoms with Crippen LogP contribution in [0.2, 0.25) is 5.02 Å². The van der Waals surface area contributed by atoms with E-state index >= 15 is 0 Å². The van der Waals surface area contributed by atoms with E-state index in [0.717, 1.165) is 81.8 Å². The van der Waals surface area contributed by atoms with Crippen LogP contribution in [0.5, 0.6) is 0 Å². The predicted octanol–water partition coefficient (Wildman–Crippen LogP) is 4.73. The summed E-state index contributed by atoms with van der Waals surface area (Å²) in [5.74, 6) is 0.744. The number of hydrogen-bond acceptors (Lipinski definition) is 7. The number of methoxy groups -OCH3 is 1. The SMILES string of the molecule is COCCNC1CCC(Nc2cc(-c3cnc(F)c(NCC4CCOCC4)c3)c(Cl)cn2)CC1. The van der Waals surface area contributed by atoms with Crippen molar-refractivity contribution in [1.29, 1.82) is 0 Å². The standard InChI is InChI=1S/C25H35ClFN5O2/c1-33-11-8-28-19-2-4-20(5-3-19)32-24-13-21(22(26)16-30-24)18-12-23(25(27)31-15-18)29-14-17-6-9-34-10-7-17/h12-13,15-17,19-20,28-29H,2-11,14H2,1H3,(H,30,32). The van der Waals surface area contributed by atoms with Gasteiger partial charge in [0.1, 0.15) is 5.82 Å². The van der Waals surface area contributed by atoms with E-state index in [1.807, 2.05) is 6.07 Å². The van der Waals surface area contributed by atoms with Crippen molar-refractivity contribution in [1.82, 2.24) is 15.3 Å². The first-order chi connectivity index (χ1) is 16.6. The molecule has 2 aromatic rings. The average Bonchev–Trinajstić information content (AvgIpc) is 2.87. The van der Waals surface area contributed by atoms with Crippen LogP contribution in [0.4, 0.5) is 15.9 Å². The Labute approximate surface area is 206 Å². The van der Waals surface area contributed by atoms with Crippen LogP contribution in [-0.4, -0.2) is 62.1 Å². The quantitative estimate of drug-likeness (QED) is 0.327. The van der Waals surface area contributed by atoms with E-state index in [0.29, 0.717) is 35.3 Å². The van der Waals surface area contributed by atoms with E-state index in [4.69, 9.17) is 21.1 Å². The Balaban J connectivity index is 1.38. The summed E-state index contributed by atoms with van der Waals surface area (Å²) in [6.07, 6.45) is 9.52. The van der Waals surface area contributed by atoms with Crippen LogP contribution in [0.3, 0.4) is 0 Å². The van der Waals surface area contributed by atoms with Crippen molar-refractivity contribution in [3.63, 3.8) is 0 Å². The average molecular weight is 492 g/mol. The van der Waals surface area contributed by atoms with Crippen LogP contribution in [0, 0.1) is 11.9 Å². The number of halogens is 2. The molecule has 4 rings (SSSR count). The van der Waals surface area contributed by atoms with Crippen molar-refractivity contribution in [2.45, 2.75) is 50.6 Å². The monoisotopic (exact) mass is 491 g/mol. The van der Waals surface area contributed by atoms with Gasteiger partial charge in [0.15, 0.2) is 0 Å². The molecule has 2 aromatic heterocycles. The molecule has 0 amide bonds. The molecule has 186 valence electrons. The maximum Gasteiger partial charge on any atom is 0.236 e. The summed E-state index contributed by atoms with van der Waals surface area (Å²) >= 11 is 6.48. The zero-order valence-electron chi connectivity index (χ0n) is 19.8. The molecule has 0 atom stereocenters. The molecular formula is C25H35ClFN5O2.